The number of rotatable bonds is 9. The Morgan fingerprint density at radius 3 is 2.70 bits per heavy atom. The molecular weight excluding hydrogens is 342 g/mol. The van der Waals surface area contributed by atoms with E-state index in [2.05, 4.69) is 25.9 Å². The summed E-state index contributed by atoms with van der Waals surface area (Å²) in [5.74, 6) is 1.84. The van der Waals surface area contributed by atoms with Crippen LogP contribution in [0.4, 0.5) is 0 Å². The van der Waals surface area contributed by atoms with Gasteiger partial charge in [-0.15, -0.1) is 0 Å². The Morgan fingerprint density at radius 1 is 1.19 bits per heavy atom. The van der Waals surface area contributed by atoms with E-state index in [0.29, 0.717) is 25.5 Å². The Kier molecular flexibility index (Phi) is 7.30. The molecule has 2 aliphatic carbocycles. The van der Waals surface area contributed by atoms with Gasteiger partial charge in [0.25, 0.3) is 0 Å². The fourth-order valence-corrected chi connectivity index (χ4v) is 3.18. The maximum absolute atomic E-state index is 11.7. The molecule has 148 valence electrons. The van der Waals surface area contributed by atoms with Crippen LogP contribution in [0.5, 0.6) is 5.88 Å². The Morgan fingerprint density at radius 2 is 1.96 bits per heavy atom. The number of nitrogens with one attached hydrogen (secondary N) is 3. The lowest BCUT2D eigenvalue weighted by Crippen LogP contribution is -2.41. The van der Waals surface area contributed by atoms with E-state index in [-0.39, 0.29) is 17.9 Å². The molecule has 0 saturated heterocycles. The molecule has 0 atom stereocenters. The van der Waals surface area contributed by atoms with Crippen LogP contribution in [0.15, 0.2) is 23.3 Å². The van der Waals surface area contributed by atoms with Gasteiger partial charge in [0.2, 0.25) is 11.8 Å². The first-order valence-electron chi connectivity index (χ1n) is 10.2. The van der Waals surface area contributed by atoms with Crippen molar-refractivity contribution in [2.45, 2.75) is 58.1 Å². The molecule has 2 saturated carbocycles. The van der Waals surface area contributed by atoms with Crippen LogP contribution in [0.2, 0.25) is 0 Å². The standard InChI is InChI=1S/C20H31N5O2/c1-2-21-20(24-13-12-22-18(26)15-9-10-15)25-14-16-6-5-11-23-19(16)27-17-7-3-4-8-17/h5-6,11,15,17H,2-4,7-10,12-14H2,1H3,(H,22,26)(H2,21,24,25). The number of carbonyl (C=O) groups excluding carboxylic acids is 1. The second-order valence-electron chi connectivity index (χ2n) is 7.18. The molecule has 0 radical (unpaired) electrons. The summed E-state index contributed by atoms with van der Waals surface area (Å²) < 4.78 is 6.08. The van der Waals surface area contributed by atoms with Crippen LogP contribution < -0.4 is 20.7 Å². The number of aromatic nitrogens is 1. The topological polar surface area (TPSA) is 87.6 Å². The molecule has 7 nitrogen and oxygen atoms in total. The molecule has 0 aliphatic heterocycles. The Balaban J connectivity index is 1.50. The summed E-state index contributed by atoms with van der Waals surface area (Å²) in [6.45, 7) is 4.55. The first-order valence-corrected chi connectivity index (χ1v) is 10.2. The molecule has 2 fully saturated rings. The highest BCUT2D eigenvalue weighted by atomic mass is 16.5. The quantitative estimate of drug-likeness (QED) is 0.350. The summed E-state index contributed by atoms with van der Waals surface area (Å²) in [5, 5.41) is 9.45. The molecule has 1 aromatic heterocycles. The SMILES string of the molecule is CCNC(=NCc1cccnc1OC1CCCC1)NCCNC(=O)C1CC1. The van der Waals surface area contributed by atoms with Crippen molar-refractivity contribution in [3.8, 4) is 5.88 Å². The van der Waals surface area contributed by atoms with Gasteiger partial charge in [-0.3, -0.25) is 4.79 Å². The lowest BCUT2D eigenvalue weighted by molar-refractivity contribution is -0.122. The summed E-state index contributed by atoms with van der Waals surface area (Å²) in [4.78, 5) is 20.7. The molecule has 1 aromatic rings. The minimum atomic E-state index is 0.169. The molecule has 2 aliphatic rings. The van der Waals surface area contributed by atoms with Gasteiger partial charge in [0, 0.05) is 37.3 Å². The normalized spacial score (nSPS) is 17.6. The van der Waals surface area contributed by atoms with Gasteiger partial charge in [0.05, 0.1) is 6.54 Å². The van der Waals surface area contributed by atoms with E-state index in [4.69, 9.17) is 4.74 Å². The molecule has 7 heteroatoms. The third-order valence-corrected chi connectivity index (χ3v) is 4.85. The van der Waals surface area contributed by atoms with Crippen LogP contribution in [0.3, 0.4) is 0 Å². The molecule has 0 aromatic carbocycles. The zero-order chi connectivity index (χ0) is 18.9. The van der Waals surface area contributed by atoms with Crippen LogP contribution in [-0.4, -0.2) is 42.6 Å². The van der Waals surface area contributed by atoms with Crippen molar-refractivity contribution >= 4 is 11.9 Å². The number of aliphatic imine (C=N–C) groups is 1. The van der Waals surface area contributed by atoms with Crippen molar-refractivity contribution in [2.75, 3.05) is 19.6 Å². The largest absolute Gasteiger partial charge is 0.474 e. The average Bonchev–Trinajstić information content (AvgIpc) is 3.41. The van der Waals surface area contributed by atoms with E-state index in [0.717, 1.165) is 43.8 Å². The van der Waals surface area contributed by atoms with E-state index in [1.165, 1.54) is 12.8 Å². The Bertz CT molecular complexity index is 639. The fraction of sp³-hybridized carbons (Fsp3) is 0.650. The first kappa shape index (κ1) is 19.5. The minimum Gasteiger partial charge on any atom is -0.474 e. The number of amides is 1. The van der Waals surface area contributed by atoms with Crippen molar-refractivity contribution < 1.29 is 9.53 Å². The van der Waals surface area contributed by atoms with Gasteiger partial charge in [-0.25, -0.2) is 9.98 Å². The van der Waals surface area contributed by atoms with E-state index < -0.39 is 0 Å². The molecule has 27 heavy (non-hydrogen) atoms. The number of hydrogen-bond donors (Lipinski definition) is 3. The van der Waals surface area contributed by atoms with Gasteiger partial charge < -0.3 is 20.7 Å². The van der Waals surface area contributed by atoms with Gasteiger partial charge in [0.1, 0.15) is 6.10 Å². The van der Waals surface area contributed by atoms with Crippen molar-refractivity contribution in [2.24, 2.45) is 10.9 Å². The van der Waals surface area contributed by atoms with Crippen LogP contribution in [0.1, 0.15) is 51.0 Å². The van der Waals surface area contributed by atoms with E-state index in [1.807, 2.05) is 19.1 Å². The number of pyridine rings is 1. The smallest absolute Gasteiger partial charge is 0.223 e. The summed E-state index contributed by atoms with van der Waals surface area (Å²) in [7, 11) is 0. The van der Waals surface area contributed by atoms with Crippen molar-refractivity contribution in [3.05, 3.63) is 23.9 Å². The highest BCUT2D eigenvalue weighted by Crippen LogP contribution is 2.28. The number of hydrogen-bond acceptors (Lipinski definition) is 4. The second-order valence-corrected chi connectivity index (χ2v) is 7.18. The predicted molar refractivity (Wildman–Crippen MR) is 106 cm³/mol. The zero-order valence-corrected chi connectivity index (χ0v) is 16.2. The summed E-state index contributed by atoms with van der Waals surface area (Å²) >= 11 is 0. The van der Waals surface area contributed by atoms with Crippen molar-refractivity contribution in [1.82, 2.24) is 20.9 Å². The Labute approximate surface area is 161 Å². The van der Waals surface area contributed by atoms with Gasteiger partial charge in [-0.1, -0.05) is 6.07 Å². The molecule has 1 heterocycles. The summed E-state index contributed by atoms with van der Waals surface area (Å²) in [6.07, 6.45) is 8.78. The summed E-state index contributed by atoms with van der Waals surface area (Å²) in [6, 6.07) is 3.93. The monoisotopic (exact) mass is 373 g/mol. The first-order chi connectivity index (χ1) is 13.3. The van der Waals surface area contributed by atoms with E-state index in [9.17, 15) is 4.79 Å². The van der Waals surface area contributed by atoms with Gasteiger partial charge in [-0.05, 0) is 51.5 Å². The fourth-order valence-electron chi connectivity index (χ4n) is 3.18. The molecule has 0 unspecified atom stereocenters. The second kappa shape index (κ2) is 10.1. The Hall–Kier alpha value is -2.31. The predicted octanol–water partition coefficient (Wildman–Crippen LogP) is 1.98. The van der Waals surface area contributed by atoms with Gasteiger partial charge in [0.15, 0.2) is 5.96 Å². The lowest BCUT2D eigenvalue weighted by Gasteiger charge is -2.15. The van der Waals surface area contributed by atoms with Gasteiger partial charge >= 0.3 is 0 Å². The molecule has 3 N–H and O–H groups in total. The van der Waals surface area contributed by atoms with E-state index in [1.54, 1.807) is 6.20 Å². The van der Waals surface area contributed by atoms with Crippen molar-refractivity contribution in [3.63, 3.8) is 0 Å². The number of ether oxygens (including phenoxy) is 1. The van der Waals surface area contributed by atoms with Crippen LogP contribution in [-0.2, 0) is 11.3 Å². The average molecular weight is 374 g/mol. The van der Waals surface area contributed by atoms with Crippen molar-refractivity contribution in [1.29, 1.82) is 0 Å². The third kappa shape index (κ3) is 6.41. The molecule has 3 rings (SSSR count). The maximum Gasteiger partial charge on any atom is 0.223 e. The minimum absolute atomic E-state index is 0.169. The molecule has 1 amide bonds. The highest BCUT2D eigenvalue weighted by molar-refractivity contribution is 5.81. The van der Waals surface area contributed by atoms with E-state index >= 15 is 0 Å². The van der Waals surface area contributed by atoms with Crippen LogP contribution >= 0.6 is 0 Å². The number of guanidine groups is 1. The molecule has 0 spiro atoms. The molecular formula is C20H31N5O2. The van der Waals surface area contributed by atoms with Gasteiger partial charge in [-0.2, -0.15) is 0 Å². The molecule has 0 bridgehead atoms. The lowest BCUT2D eigenvalue weighted by atomic mass is 10.2. The van der Waals surface area contributed by atoms with Crippen LogP contribution in [0.25, 0.3) is 0 Å². The third-order valence-electron chi connectivity index (χ3n) is 4.85. The zero-order valence-electron chi connectivity index (χ0n) is 16.2. The highest BCUT2D eigenvalue weighted by Gasteiger charge is 2.28. The number of nitrogens with zero attached hydrogens (tertiary/aromatic N) is 2. The maximum atomic E-state index is 11.7. The number of carbonyl (C=O) groups is 1. The van der Waals surface area contributed by atoms with Crippen LogP contribution in [0, 0.1) is 5.92 Å². The summed E-state index contributed by atoms with van der Waals surface area (Å²) in [5.41, 5.74) is 0.989.